The molecule has 158 valence electrons. The molecule has 7 nitrogen and oxygen atoms in total. The van der Waals surface area contributed by atoms with E-state index in [1.165, 1.54) is 11.1 Å². The second-order valence-electron chi connectivity index (χ2n) is 7.77. The van der Waals surface area contributed by atoms with Crippen LogP contribution in [0.2, 0.25) is 0 Å². The largest absolute Gasteiger partial charge is 0.478 e. The first kappa shape index (κ1) is 21.6. The zero-order valence-corrected chi connectivity index (χ0v) is 18.0. The van der Waals surface area contributed by atoms with Crippen molar-refractivity contribution in [1.29, 1.82) is 0 Å². The number of pyridine rings is 1. The second kappa shape index (κ2) is 9.63. The third-order valence-electron chi connectivity index (χ3n) is 5.02. The van der Waals surface area contributed by atoms with Gasteiger partial charge >= 0.3 is 5.97 Å². The number of hydrogen-bond acceptors (Lipinski definition) is 5. The smallest absolute Gasteiger partial charge is 0.335 e. The van der Waals surface area contributed by atoms with Gasteiger partial charge in [-0.05, 0) is 36.1 Å². The molecule has 7 heteroatoms. The van der Waals surface area contributed by atoms with Crippen LogP contribution in [0.3, 0.4) is 0 Å². The summed E-state index contributed by atoms with van der Waals surface area (Å²) in [6.07, 6.45) is 0.804. The molecule has 0 atom stereocenters. The van der Waals surface area contributed by atoms with Crippen LogP contribution in [0.5, 0.6) is 0 Å². The minimum atomic E-state index is -0.947. The number of aromatic nitrogens is 4. The van der Waals surface area contributed by atoms with E-state index in [2.05, 4.69) is 70.1 Å². The zero-order chi connectivity index (χ0) is 21.7. The molecular weight excluding hydrogens is 378 g/mol. The van der Waals surface area contributed by atoms with E-state index in [0.717, 1.165) is 24.6 Å². The topological polar surface area (TPSA) is 92.9 Å². The summed E-state index contributed by atoms with van der Waals surface area (Å²) in [5, 5.41) is 21.3. The van der Waals surface area contributed by atoms with Crippen molar-refractivity contribution >= 4 is 5.97 Å². The van der Waals surface area contributed by atoms with Gasteiger partial charge in [-0.3, -0.25) is 4.98 Å². The Balaban J connectivity index is 1.73. The molecule has 0 amide bonds. The van der Waals surface area contributed by atoms with Crippen molar-refractivity contribution in [3.8, 4) is 0 Å². The van der Waals surface area contributed by atoms with Gasteiger partial charge in [-0.1, -0.05) is 45.0 Å². The summed E-state index contributed by atoms with van der Waals surface area (Å²) in [6.45, 7) is 9.96. The minimum Gasteiger partial charge on any atom is -0.478 e. The van der Waals surface area contributed by atoms with Crippen LogP contribution in [0.4, 0.5) is 0 Å². The Morgan fingerprint density at radius 2 is 1.90 bits per heavy atom. The number of aryl methyl sites for hydroxylation is 2. The fraction of sp³-hybridized carbons (Fsp3) is 0.391. The highest BCUT2D eigenvalue weighted by atomic mass is 16.4. The quantitative estimate of drug-likeness (QED) is 0.562. The Morgan fingerprint density at radius 3 is 2.60 bits per heavy atom. The number of rotatable bonds is 9. The molecule has 0 saturated carbocycles. The van der Waals surface area contributed by atoms with Crippen molar-refractivity contribution in [2.75, 3.05) is 0 Å². The van der Waals surface area contributed by atoms with Crippen molar-refractivity contribution in [2.45, 2.75) is 59.7 Å². The normalized spacial score (nSPS) is 11.2. The number of carbonyl (C=O) groups is 1. The van der Waals surface area contributed by atoms with Crippen molar-refractivity contribution in [1.82, 2.24) is 25.1 Å². The maximum absolute atomic E-state index is 11.3. The van der Waals surface area contributed by atoms with Crippen LogP contribution < -0.4 is 5.32 Å². The summed E-state index contributed by atoms with van der Waals surface area (Å²) in [5.74, 6) is 1.34. The second-order valence-corrected chi connectivity index (χ2v) is 7.77. The number of hydrogen-bond donors (Lipinski definition) is 2. The van der Waals surface area contributed by atoms with E-state index in [0.29, 0.717) is 30.4 Å². The summed E-state index contributed by atoms with van der Waals surface area (Å²) in [7, 11) is 0. The van der Waals surface area contributed by atoms with Gasteiger partial charge in [0.1, 0.15) is 11.6 Å². The van der Waals surface area contributed by atoms with E-state index in [1.807, 2.05) is 0 Å². The molecule has 3 aromatic rings. The first-order valence-corrected chi connectivity index (χ1v) is 10.3. The number of carboxylic acid groups (broad SMARTS) is 1. The molecule has 0 radical (unpaired) electrons. The molecule has 3 rings (SSSR count). The fourth-order valence-corrected chi connectivity index (χ4v) is 3.43. The maximum Gasteiger partial charge on any atom is 0.335 e. The molecular formula is C23H29N5O2. The molecule has 0 bridgehead atoms. The molecule has 0 aliphatic heterocycles. The summed E-state index contributed by atoms with van der Waals surface area (Å²) in [6, 6.07) is 11.8. The fourth-order valence-electron chi connectivity index (χ4n) is 3.43. The monoisotopic (exact) mass is 407 g/mol. The molecule has 2 heterocycles. The van der Waals surface area contributed by atoms with E-state index in [-0.39, 0.29) is 5.56 Å². The van der Waals surface area contributed by atoms with Crippen molar-refractivity contribution in [2.24, 2.45) is 0 Å². The lowest BCUT2D eigenvalue weighted by atomic mass is 10.0. The zero-order valence-electron chi connectivity index (χ0n) is 18.0. The van der Waals surface area contributed by atoms with E-state index < -0.39 is 5.97 Å². The standard InChI is InChI=1S/C23H29N5O2/c1-5-21-26-27-22(28(21)14-17-7-6-8-18(10-17)15(2)3)13-24-12-20-11-19(23(29)30)9-16(4)25-20/h6-11,15,24H,5,12-14H2,1-4H3,(H,29,30). The molecule has 0 fully saturated rings. The van der Waals surface area contributed by atoms with Crippen LogP contribution in [0, 0.1) is 6.92 Å². The first-order chi connectivity index (χ1) is 14.4. The molecule has 0 unspecified atom stereocenters. The van der Waals surface area contributed by atoms with E-state index in [4.69, 9.17) is 0 Å². The third-order valence-corrected chi connectivity index (χ3v) is 5.02. The molecule has 0 saturated heterocycles. The lowest BCUT2D eigenvalue weighted by Gasteiger charge is -2.13. The molecule has 1 aromatic carbocycles. The van der Waals surface area contributed by atoms with Crippen molar-refractivity contribution in [3.63, 3.8) is 0 Å². The predicted molar refractivity (Wildman–Crippen MR) is 116 cm³/mol. The first-order valence-electron chi connectivity index (χ1n) is 10.3. The van der Waals surface area contributed by atoms with Gasteiger partial charge in [-0.25, -0.2) is 4.79 Å². The van der Waals surface area contributed by atoms with Crippen molar-refractivity contribution < 1.29 is 9.90 Å². The van der Waals surface area contributed by atoms with E-state index in [9.17, 15) is 9.90 Å². The average molecular weight is 408 g/mol. The third kappa shape index (κ3) is 5.30. The maximum atomic E-state index is 11.3. The van der Waals surface area contributed by atoms with Gasteiger partial charge in [0.2, 0.25) is 0 Å². The number of aromatic carboxylic acids is 1. The highest BCUT2D eigenvalue weighted by Crippen LogP contribution is 2.17. The van der Waals surface area contributed by atoms with Crippen molar-refractivity contribution in [3.05, 3.63) is 76.1 Å². The summed E-state index contributed by atoms with van der Waals surface area (Å²) in [5.41, 5.74) is 4.18. The van der Waals surface area contributed by atoms with Crippen LogP contribution in [0.1, 0.15) is 71.2 Å². The molecule has 0 aliphatic rings. The van der Waals surface area contributed by atoms with Crippen LogP contribution >= 0.6 is 0 Å². The molecule has 2 N–H and O–H groups in total. The van der Waals surface area contributed by atoms with Gasteiger partial charge in [0.25, 0.3) is 0 Å². The molecule has 2 aromatic heterocycles. The Bertz CT molecular complexity index is 1030. The van der Waals surface area contributed by atoms with Gasteiger partial charge in [0.15, 0.2) is 0 Å². The van der Waals surface area contributed by atoms with Gasteiger partial charge in [-0.2, -0.15) is 0 Å². The Labute approximate surface area is 177 Å². The number of nitrogens with one attached hydrogen (secondary N) is 1. The minimum absolute atomic E-state index is 0.251. The van der Waals surface area contributed by atoms with Crippen LogP contribution in [-0.4, -0.2) is 30.8 Å². The lowest BCUT2D eigenvalue weighted by Crippen LogP contribution is -2.19. The predicted octanol–water partition coefficient (Wildman–Crippen LogP) is 3.70. The average Bonchev–Trinajstić information content (AvgIpc) is 3.09. The number of carboxylic acids is 1. The van der Waals surface area contributed by atoms with Crippen LogP contribution in [0.25, 0.3) is 0 Å². The van der Waals surface area contributed by atoms with E-state index in [1.54, 1.807) is 19.1 Å². The van der Waals surface area contributed by atoms with Gasteiger partial charge < -0.3 is 15.0 Å². The highest BCUT2D eigenvalue weighted by Gasteiger charge is 2.12. The lowest BCUT2D eigenvalue weighted by molar-refractivity contribution is 0.0696. The Morgan fingerprint density at radius 1 is 1.13 bits per heavy atom. The molecule has 0 aliphatic carbocycles. The number of benzene rings is 1. The van der Waals surface area contributed by atoms with Crippen LogP contribution in [0.15, 0.2) is 36.4 Å². The van der Waals surface area contributed by atoms with Gasteiger partial charge in [-0.15, -0.1) is 10.2 Å². The molecule has 30 heavy (non-hydrogen) atoms. The summed E-state index contributed by atoms with van der Waals surface area (Å²) >= 11 is 0. The van der Waals surface area contributed by atoms with Crippen LogP contribution in [-0.2, 0) is 26.1 Å². The number of nitrogens with zero attached hydrogens (tertiary/aromatic N) is 4. The Hall–Kier alpha value is -3.06. The molecule has 0 spiro atoms. The summed E-state index contributed by atoms with van der Waals surface area (Å²) in [4.78, 5) is 15.7. The Kier molecular flexibility index (Phi) is 6.95. The van der Waals surface area contributed by atoms with Gasteiger partial charge in [0, 0.05) is 18.7 Å². The summed E-state index contributed by atoms with van der Waals surface area (Å²) < 4.78 is 2.15. The van der Waals surface area contributed by atoms with Gasteiger partial charge in [0.05, 0.1) is 24.3 Å². The van der Waals surface area contributed by atoms with E-state index >= 15 is 0 Å². The SMILES string of the molecule is CCc1nnc(CNCc2cc(C(=O)O)cc(C)n2)n1Cc1cccc(C(C)C)c1. The highest BCUT2D eigenvalue weighted by molar-refractivity contribution is 5.87.